The van der Waals surface area contributed by atoms with Crippen molar-refractivity contribution in [3.05, 3.63) is 34.9 Å². The van der Waals surface area contributed by atoms with Gasteiger partial charge in [0.1, 0.15) is 0 Å². The quantitative estimate of drug-likeness (QED) is 0.802. The second-order valence-electron chi connectivity index (χ2n) is 3.34. The van der Waals surface area contributed by atoms with E-state index >= 15 is 0 Å². The zero-order valence-electron chi connectivity index (χ0n) is 9.22. The molecule has 0 spiro atoms. The highest BCUT2D eigenvalue weighted by atomic mass is 35.5. The molecular weight excluding hydrogens is 222 g/mol. The fourth-order valence-electron chi connectivity index (χ4n) is 1.17. The first-order valence-corrected chi connectivity index (χ1v) is 5.61. The average molecular weight is 236 g/mol. The minimum atomic E-state index is 0.0443. The number of halogens is 1. The number of hydrogen-bond donors (Lipinski definition) is 1. The highest BCUT2D eigenvalue weighted by Crippen LogP contribution is 2.08. The van der Waals surface area contributed by atoms with Gasteiger partial charge in [-0.05, 0) is 24.6 Å². The first-order chi connectivity index (χ1) is 7.72. The van der Waals surface area contributed by atoms with E-state index in [2.05, 4.69) is 17.2 Å². The molecule has 2 nitrogen and oxygen atoms in total. The fraction of sp³-hybridized carbons (Fsp3) is 0.308. The minimum absolute atomic E-state index is 0.0443. The van der Waals surface area contributed by atoms with Crippen LogP contribution in [0.5, 0.6) is 0 Å². The largest absolute Gasteiger partial charge is 0.345 e. The van der Waals surface area contributed by atoms with E-state index in [9.17, 15) is 4.79 Å². The number of amides is 1. The lowest BCUT2D eigenvalue weighted by Gasteiger charge is -1.97. The Kier molecular flexibility index (Phi) is 5.45. The molecule has 1 N–H and O–H groups in total. The third-order valence-corrected chi connectivity index (χ3v) is 2.14. The van der Waals surface area contributed by atoms with Crippen molar-refractivity contribution in [2.75, 3.05) is 6.54 Å². The summed E-state index contributed by atoms with van der Waals surface area (Å²) in [6.07, 6.45) is 1.41. The van der Waals surface area contributed by atoms with Gasteiger partial charge in [-0.25, -0.2) is 0 Å². The van der Waals surface area contributed by atoms with E-state index < -0.39 is 0 Å². The Labute approximate surface area is 101 Å². The van der Waals surface area contributed by atoms with E-state index in [-0.39, 0.29) is 5.91 Å². The molecule has 1 aromatic rings. The van der Waals surface area contributed by atoms with Crippen LogP contribution >= 0.6 is 11.6 Å². The monoisotopic (exact) mass is 235 g/mol. The summed E-state index contributed by atoms with van der Waals surface area (Å²) in [6.45, 7) is 2.35. The van der Waals surface area contributed by atoms with Crippen molar-refractivity contribution in [2.45, 2.75) is 19.8 Å². The highest BCUT2D eigenvalue weighted by molar-refractivity contribution is 6.30. The molecule has 0 aliphatic heterocycles. The number of carbonyl (C=O) groups excluding carboxylic acids is 1. The van der Waals surface area contributed by atoms with Gasteiger partial charge < -0.3 is 5.32 Å². The van der Waals surface area contributed by atoms with E-state index in [0.717, 1.165) is 12.0 Å². The number of benzene rings is 1. The molecule has 0 heterocycles. The first-order valence-electron chi connectivity index (χ1n) is 5.23. The normalized spacial score (nSPS) is 9.12. The first kappa shape index (κ1) is 12.6. The maximum Gasteiger partial charge on any atom is 0.220 e. The van der Waals surface area contributed by atoms with Crippen LogP contribution in [0, 0.1) is 11.8 Å². The predicted molar refractivity (Wildman–Crippen MR) is 66.2 cm³/mol. The molecule has 0 saturated heterocycles. The molecule has 0 fully saturated rings. The standard InChI is InChI=1S/C13H14ClNO/c1-2-5-13(16)15-9-4-7-11-6-3-8-12(14)10-11/h3,6,8,10H,2,5,9H2,1H3,(H,15,16). The highest BCUT2D eigenvalue weighted by Gasteiger charge is 1.94. The second kappa shape index (κ2) is 6.92. The second-order valence-corrected chi connectivity index (χ2v) is 3.78. The van der Waals surface area contributed by atoms with Crippen LogP contribution in [0.2, 0.25) is 5.02 Å². The Morgan fingerprint density at radius 1 is 1.50 bits per heavy atom. The molecule has 0 saturated carbocycles. The maximum absolute atomic E-state index is 11.1. The summed E-state index contributed by atoms with van der Waals surface area (Å²) in [4.78, 5) is 11.1. The van der Waals surface area contributed by atoms with E-state index in [0.29, 0.717) is 18.0 Å². The van der Waals surface area contributed by atoms with Crippen LogP contribution < -0.4 is 5.32 Å². The van der Waals surface area contributed by atoms with E-state index in [4.69, 9.17) is 11.6 Å². The van der Waals surface area contributed by atoms with Crippen molar-refractivity contribution in [1.29, 1.82) is 0 Å². The van der Waals surface area contributed by atoms with Crippen LogP contribution in [-0.2, 0) is 4.79 Å². The summed E-state index contributed by atoms with van der Waals surface area (Å²) in [5, 5.41) is 3.39. The fourth-order valence-corrected chi connectivity index (χ4v) is 1.36. The van der Waals surface area contributed by atoms with Crippen LogP contribution in [0.3, 0.4) is 0 Å². The van der Waals surface area contributed by atoms with E-state index in [1.165, 1.54) is 0 Å². The van der Waals surface area contributed by atoms with Gasteiger partial charge in [-0.3, -0.25) is 4.79 Å². The van der Waals surface area contributed by atoms with Crippen LogP contribution in [0.4, 0.5) is 0 Å². The Morgan fingerprint density at radius 3 is 3.00 bits per heavy atom. The lowest BCUT2D eigenvalue weighted by atomic mass is 10.2. The SMILES string of the molecule is CCCC(=O)NCC#Cc1cccc(Cl)c1. The third kappa shape index (κ3) is 4.86. The van der Waals surface area contributed by atoms with Crippen molar-refractivity contribution in [1.82, 2.24) is 5.32 Å². The summed E-state index contributed by atoms with van der Waals surface area (Å²) in [6, 6.07) is 7.33. The van der Waals surface area contributed by atoms with Crippen molar-refractivity contribution in [3.63, 3.8) is 0 Å². The molecule has 16 heavy (non-hydrogen) atoms. The third-order valence-electron chi connectivity index (χ3n) is 1.91. The predicted octanol–water partition coefficient (Wildman–Crippen LogP) is 2.61. The lowest BCUT2D eigenvalue weighted by Crippen LogP contribution is -2.22. The van der Waals surface area contributed by atoms with Gasteiger partial charge in [-0.2, -0.15) is 0 Å². The molecule has 3 heteroatoms. The van der Waals surface area contributed by atoms with Gasteiger partial charge in [0, 0.05) is 17.0 Å². The smallest absolute Gasteiger partial charge is 0.220 e. The summed E-state index contributed by atoms with van der Waals surface area (Å²) >= 11 is 5.81. The molecule has 0 aromatic heterocycles. The van der Waals surface area contributed by atoms with Crippen LogP contribution in [0.25, 0.3) is 0 Å². The van der Waals surface area contributed by atoms with Crippen molar-refractivity contribution in [2.24, 2.45) is 0 Å². The lowest BCUT2D eigenvalue weighted by molar-refractivity contribution is -0.120. The molecule has 0 atom stereocenters. The molecule has 84 valence electrons. The molecule has 0 aliphatic carbocycles. The summed E-state index contributed by atoms with van der Waals surface area (Å²) in [5.41, 5.74) is 0.859. The van der Waals surface area contributed by atoms with Gasteiger partial charge in [-0.1, -0.05) is 36.4 Å². The zero-order chi connectivity index (χ0) is 11.8. The van der Waals surface area contributed by atoms with Gasteiger partial charge in [0.2, 0.25) is 5.91 Å². The van der Waals surface area contributed by atoms with Crippen molar-refractivity contribution >= 4 is 17.5 Å². The summed E-state index contributed by atoms with van der Waals surface area (Å²) < 4.78 is 0. The molecule has 1 amide bonds. The molecule has 0 unspecified atom stereocenters. The minimum Gasteiger partial charge on any atom is -0.345 e. The number of carbonyl (C=O) groups is 1. The molecular formula is C13H14ClNO. The average Bonchev–Trinajstić information content (AvgIpc) is 2.25. The zero-order valence-corrected chi connectivity index (χ0v) is 9.97. The van der Waals surface area contributed by atoms with Gasteiger partial charge in [0.15, 0.2) is 0 Å². The molecule has 1 aromatic carbocycles. The summed E-state index contributed by atoms with van der Waals surface area (Å²) in [5.74, 6) is 5.86. The van der Waals surface area contributed by atoms with Crippen LogP contribution in [0.1, 0.15) is 25.3 Å². The molecule has 0 bridgehead atoms. The summed E-state index contributed by atoms with van der Waals surface area (Å²) in [7, 11) is 0. The van der Waals surface area contributed by atoms with Gasteiger partial charge in [0.05, 0.1) is 6.54 Å². The van der Waals surface area contributed by atoms with Gasteiger partial charge in [-0.15, -0.1) is 0 Å². The van der Waals surface area contributed by atoms with Gasteiger partial charge >= 0.3 is 0 Å². The van der Waals surface area contributed by atoms with Crippen LogP contribution in [0.15, 0.2) is 24.3 Å². The molecule has 0 aliphatic rings. The molecule has 0 radical (unpaired) electrons. The Bertz CT molecular complexity index is 417. The number of nitrogens with one attached hydrogen (secondary N) is 1. The topological polar surface area (TPSA) is 29.1 Å². The van der Waals surface area contributed by atoms with E-state index in [1.54, 1.807) is 12.1 Å². The van der Waals surface area contributed by atoms with Gasteiger partial charge in [0.25, 0.3) is 0 Å². The maximum atomic E-state index is 11.1. The van der Waals surface area contributed by atoms with Crippen LogP contribution in [-0.4, -0.2) is 12.5 Å². The number of hydrogen-bond acceptors (Lipinski definition) is 1. The number of rotatable bonds is 3. The van der Waals surface area contributed by atoms with Crippen molar-refractivity contribution < 1.29 is 4.79 Å². The Morgan fingerprint density at radius 2 is 2.31 bits per heavy atom. The van der Waals surface area contributed by atoms with Crippen molar-refractivity contribution in [3.8, 4) is 11.8 Å². The Hall–Kier alpha value is -1.46. The van der Waals surface area contributed by atoms with E-state index in [1.807, 2.05) is 19.1 Å². The Balaban J connectivity index is 2.41. The molecule has 1 rings (SSSR count).